The van der Waals surface area contributed by atoms with Gasteiger partial charge in [0.15, 0.2) is 9.84 Å². The minimum atomic E-state index is -2.88. The third-order valence-corrected chi connectivity index (χ3v) is 5.91. The van der Waals surface area contributed by atoms with Gasteiger partial charge in [-0.3, -0.25) is 4.79 Å². The average Bonchev–Trinajstić information content (AvgIpc) is 2.83. The molecule has 6 heteroatoms. The summed E-state index contributed by atoms with van der Waals surface area (Å²) >= 11 is 0. The van der Waals surface area contributed by atoms with Crippen LogP contribution in [0, 0.1) is 11.8 Å². The Kier molecular flexibility index (Phi) is 2.66. The molecule has 5 nitrogen and oxygen atoms in total. The number of carbonyl (C=O) groups is 1. The highest BCUT2D eigenvalue weighted by molar-refractivity contribution is 7.91. The van der Waals surface area contributed by atoms with E-state index >= 15 is 0 Å². The highest BCUT2D eigenvalue weighted by Gasteiger charge is 2.52. The van der Waals surface area contributed by atoms with Gasteiger partial charge in [0.2, 0.25) is 0 Å². The summed E-state index contributed by atoms with van der Waals surface area (Å²) in [6.07, 6.45) is 1.82. The van der Waals surface area contributed by atoms with Crippen LogP contribution in [-0.4, -0.2) is 44.6 Å². The third-order valence-electron chi connectivity index (χ3n) is 4.20. The first-order chi connectivity index (χ1) is 8.05. The second-order valence-corrected chi connectivity index (χ2v) is 7.63. The van der Waals surface area contributed by atoms with E-state index in [4.69, 9.17) is 4.74 Å². The van der Waals surface area contributed by atoms with Crippen LogP contribution in [0.15, 0.2) is 0 Å². The molecule has 0 aromatic carbocycles. The largest absolute Gasteiger partial charge is 0.462 e. The van der Waals surface area contributed by atoms with E-state index in [0.717, 1.165) is 13.0 Å². The summed E-state index contributed by atoms with van der Waals surface area (Å²) in [7, 11) is -2.88. The number of rotatable bonds is 2. The third kappa shape index (κ3) is 2.08. The van der Waals surface area contributed by atoms with Crippen LogP contribution in [-0.2, 0) is 19.4 Å². The van der Waals surface area contributed by atoms with Crippen molar-refractivity contribution in [3.05, 3.63) is 0 Å². The number of hydrogen-bond donors (Lipinski definition) is 1. The predicted molar refractivity (Wildman–Crippen MR) is 61.2 cm³/mol. The number of nitrogens with one attached hydrogen (secondary N) is 1. The van der Waals surface area contributed by atoms with E-state index in [2.05, 4.69) is 5.32 Å². The van der Waals surface area contributed by atoms with Crippen LogP contribution in [0.1, 0.15) is 19.3 Å². The number of fused-ring (bicyclic) bond motifs is 1. The molecule has 0 aromatic rings. The van der Waals surface area contributed by atoms with E-state index in [9.17, 15) is 13.2 Å². The molecular formula is C11H17NO4S. The number of esters is 1. The van der Waals surface area contributed by atoms with Crippen molar-refractivity contribution >= 4 is 15.8 Å². The zero-order valence-corrected chi connectivity index (χ0v) is 10.4. The Morgan fingerprint density at radius 2 is 1.94 bits per heavy atom. The van der Waals surface area contributed by atoms with Gasteiger partial charge in [0.1, 0.15) is 6.10 Å². The van der Waals surface area contributed by atoms with Gasteiger partial charge in [0.05, 0.1) is 17.4 Å². The normalized spacial score (nSPS) is 39.6. The fourth-order valence-electron chi connectivity index (χ4n) is 3.06. The Labute approximate surface area is 101 Å². The summed E-state index contributed by atoms with van der Waals surface area (Å²) in [6, 6.07) is 0.305. The molecule has 3 aliphatic heterocycles. The molecule has 0 unspecified atom stereocenters. The average molecular weight is 259 g/mol. The van der Waals surface area contributed by atoms with E-state index in [1.165, 1.54) is 0 Å². The molecule has 3 atom stereocenters. The van der Waals surface area contributed by atoms with Crippen molar-refractivity contribution in [2.45, 2.75) is 31.4 Å². The Bertz CT molecular complexity index is 405. The van der Waals surface area contributed by atoms with Crippen LogP contribution in [0.5, 0.6) is 0 Å². The summed E-state index contributed by atoms with van der Waals surface area (Å²) in [5, 5.41) is 3.28. The molecule has 1 aliphatic carbocycles. The first-order valence-corrected chi connectivity index (χ1v) is 8.01. The molecule has 0 amide bonds. The van der Waals surface area contributed by atoms with Gasteiger partial charge in [-0.05, 0) is 31.7 Å². The van der Waals surface area contributed by atoms with Crippen LogP contribution < -0.4 is 5.32 Å². The van der Waals surface area contributed by atoms with E-state index in [-0.39, 0.29) is 29.5 Å². The van der Waals surface area contributed by atoms with E-state index in [1.807, 2.05) is 0 Å². The molecule has 1 N–H and O–H groups in total. The van der Waals surface area contributed by atoms with Gasteiger partial charge in [-0.15, -0.1) is 0 Å². The quantitative estimate of drug-likeness (QED) is 0.690. The van der Waals surface area contributed by atoms with Gasteiger partial charge in [-0.1, -0.05) is 0 Å². The zero-order chi connectivity index (χ0) is 12.0. The minimum Gasteiger partial charge on any atom is -0.462 e. The first-order valence-electron chi connectivity index (χ1n) is 6.19. The summed E-state index contributed by atoms with van der Waals surface area (Å²) < 4.78 is 27.9. The monoisotopic (exact) mass is 259 g/mol. The van der Waals surface area contributed by atoms with Crippen LogP contribution in [0.2, 0.25) is 0 Å². The minimum absolute atomic E-state index is 0.0218. The number of hydrogen-bond acceptors (Lipinski definition) is 5. The van der Waals surface area contributed by atoms with Crippen LogP contribution in [0.4, 0.5) is 0 Å². The molecule has 3 heterocycles. The fourth-order valence-corrected chi connectivity index (χ4v) is 4.51. The summed E-state index contributed by atoms with van der Waals surface area (Å²) in [6.45, 7) is 0.920. The maximum Gasteiger partial charge on any atom is 0.311 e. The predicted octanol–water partition coefficient (Wildman–Crippen LogP) is -0.285. The fraction of sp³-hybridized carbons (Fsp3) is 0.909. The molecule has 1 saturated carbocycles. The first kappa shape index (κ1) is 11.5. The van der Waals surface area contributed by atoms with Gasteiger partial charge in [0, 0.05) is 6.04 Å². The van der Waals surface area contributed by atoms with Crippen molar-refractivity contribution in [1.29, 1.82) is 0 Å². The topological polar surface area (TPSA) is 72.5 Å². The second-order valence-electron chi connectivity index (χ2n) is 5.32. The van der Waals surface area contributed by atoms with Crippen molar-refractivity contribution in [2.75, 3.05) is 18.1 Å². The molecule has 4 fully saturated rings. The Balaban J connectivity index is 1.53. The van der Waals surface area contributed by atoms with E-state index < -0.39 is 9.84 Å². The number of carbonyl (C=O) groups excluding carboxylic acids is 1. The lowest BCUT2D eigenvalue weighted by atomic mass is 9.74. The van der Waals surface area contributed by atoms with Crippen molar-refractivity contribution in [3.8, 4) is 0 Å². The van der Waals surface area contributed by atoms with E-state index in [0.29, 0.717) is 24.8 Å². The van der Waals surface area contributed by atoms with E-state index in [1.54, 1.807) is 0 Å². The maximum atomic E-state index is 11.9. The van der Waals surface area contributed by atoms with Gasteiger partial charge in [-0.25, -0.2) is 8.42 Å². The molecule has 0 aromatic heterocycles. The Morgan fingerprint density at radius 1 is 1.24 bits per heavy atom. The lowest BCUT2D eigenvalue weighted by molar-refractivity contribution is -0.159. The Hall–Kier alpha value is -0.620. The number of sulfone groups is 1. The van der Waals surface area contributed by atoms with Crippen LogP contribution in [0.3, 0.4) is 0 Å². The zero-order valence-electron chi connectivity index (χ0n) is 9.59. The molecule has 17 heavy (non-hydrogen) atoms. The molecule has 4 aliphatic rings. The summed E-state index contributed by atoms with van der Waals surface area (Å²) in [5.41, 5.74) is 0. The summed E-state index contributed by atoms with van der Waals surface area (Å²) in [5.74, 6) is 0.649. The second kappa shape index (κ2) is 3.95. The highest BCUT2D eigenvalue weighted by atomic mass is 32.2. The molecule has 3 saturated heterocycles. The molecule has 96 valence electrons. The highest BCUT2D eigenvalue weighted by Crippen LogP contribution is 2.41. The lowest BCUT2D eigenvalue weighted by Gasteiger charge is -2.34. The molecule has 0 spiro atoms. The van der Waals surface area contributed by atoms with Crippen molar-refractivity contribution in [3.63, 3.8) is 0 Å². The maximum absolute atomic E-state index is 11.9. The molecule has 4 rings (SSSR count). The van der Waals surface area contributed by atoms with Crippen molar-refractivity contribution in [2.24, 2.45) is 11.8 Å². The van der Waals surface area contributed by atoms with Crippen LogP contribution >= 0.6 is 0 Å². The summed E-state index contributed by atoms with van der Waals surface area (Å²) in [4.78, 5) is 11.9. The SMILES string of the molecule is O=C(OC1CCS(=O)(=O)CC1)[C@@H]1[C@@H]2CN[C@H]1C2. The van der Waals surface area contributed by atoms with Crippen molar-refractivity contribution in [1.82, 2.24) is 5.32 Å². The van der Waals surface area contributed by atoms with Gasteiger partial charge >= 0.3 is 5.97 Å². The lowest BCUT2D eigenvalue weighted by Crippen LogP contribution is -2.45. The molecule has 2 bridgehead atoms. The Morgan fingerprint density at radius 3 is 2.47 bits per heavy atom. The van der Waals surface area contributed by atoms with Crippen LogP contribution in [0.25, 0.3) is 0 Å². The standard InChI is InChI=1S/C11H17NO4S/c13-11(10-7-5-9(10)12-6-7)16-8-1-3-17(14,15)4-2-8/h7-10,12H,1-6H2/t7-,9-,10+/m0/s1. The van der Waals surface area contributed by atoms with Gasteiger partial charge in [-0.2, -0.15) is 0 Å². The van der Waals surface area contributed by atoms with Gasteiger partial charge in [0.25, 0.3) is 0 Å². The molecular weight excluding hydrogens is 242 g/mol. The van der Waals surface area contributed by atoms with Crippen molar-refractivity contribution < 1.29 is 17.9 Å². The smallest absolute Gasteiger partial charge is 0.311 e. The van der Waals surface area contributed by atoms with Gasteiger partial charge < -0.3 is 10.1 Å². The molecule has 0 radical (unpaired) electrons. The number of ether oxygens (including phenoxy) is 1.